The SMILES string of the molecule is O=C(O)C1c2ccccc2C(=O)N(C2CCCCCC2)C1c1cccnc1. The number of aromatic nitrogens is 1. The first-order valence-corrected chi connectivity index (χ1v) is 9.73. The Morgan fingerprint density at radius 3 is 2.44 bits per heavy atom. The smallest absolute Gasteiger partial charge is 0.313 e. The third kappa shape index (κ3) is 3.22. The third-order valence-corrected chi connectivity index (χ3v) is 5.89. The molecule has 2 heterocycles. The van der Waals surface area contributed by atoms with Crippen molar-refractivity contribution >= 4 is 11.9 Å². The second-order valence-electron chi connectivity index (χ2n) is 7.49. The van der Waals surface area contributed by atoms with Crippen LogP contribution in [0.15, 0.2) is 48.8 Å². The Bertz CT molecular complexity index is 828. The van der Waals surface area contributed by atoms with Crippen molar-refractivity contribution in [2.45, 2.75) is 56.5 Å². The lowest BCUT2D eigenvalue weighted by Gasteiger charge is -2.44. The molecule has 0 radical (unpaired) electrons. The number of hydrogen-bond donors (Lipinski definition) is 1. The maximum atomic E-state index is 13.5. The predicted octanol–water partition coefficient (Wildman–Crippen LogP) is 4.17. The minimum Gasteiger partial charge on any atom is -0.481 e. The Labute approximate surface area is 159 Å². The van der Waals surface area contributed by atoms with Gasteiger partial charge in [0.25, 0.3) is 5.91 Å². The van der Waals surface area contributed by atoms with Crippen LogP contribution in [-0.4, -0.2) is 32.9 Å². The van der Waals surface area contributed by atoms with Gasteiger partial charge in [0.1, 0.15) is 5.92 Å². The second-order valence-corrected chi connectivity index (χ2v) is 7.49. The van der Waals surface area contributed by atoms with Crippen LogP contribution >= 0.6 is 0 Å². The largest absolute Gasteiger partial charge is 0.481 e. The van der Waals surface area contributed by atoms with Crippen LogP contribution in [-0.2, 0) is 4.79 Å². The van der Waals surface area contributed by atoms with Crippen LogP contribution in [0.4, 0.5) is 0 Å². The molecule has 27 heavy (non-hydrogen) atoms. The van der Waals surface area contributed by atoms with Gasteiger partial charge >= 0.3 is 5.97 Å². The van der Waals surface area contributed by atoms with Crippen molar-refractivity contribution in [2.24, 2.45) is 0 Å². The maximum absolute atomic E-state index is 13.5. The number of rotatable bonds is 3. The zero-order valence-electron chi connectivity index (χ0n) is 15.3. The molecule has 0 spiro atoms. The molecule has 0 saturated heterocycles. The van der Waals surface area contributed by atoms with E-state index < -0.39 is 17.9 Å². The molecule has 1 amide bonds. The molecule has 1 fully saturated rings. The number of benzene rings is 1. The molecule has 1 aromatic heterocycles. The van der Waals surface area contributed by atoms with Crippen molar-refractivity contribution in [3.8, 4) is 0 Å². The Hall–Kier alpha value is -2.69. The molecule has 2 aliphatic rings. The normalized spacial score (nSPS) is 23.6. The Morgan fingerprint density at radius 2 is 1.78 bits per heavy atom. The molecule has 1 aliphatic carbocycles. The minimum absolute atomic E-state index is 0.0520. The van der Waals surface area contributed by atoms with E-state index in [0.29, 0.717) is 11.1 Å². The van der Waals surface area contributed by atoms with E-state index in [1.54, 1.807) is 24.5 Å². The van der Waals surface area contributed by atoms with Gasteiger partial charge in [-0.05, 0) is 36.1 Å². The predicted molar refractivity (Wildman–Crippen MR) is 101 cm³/mol. The number of fused-ring (bicyclic) bond motifs is 1. The van der Waals surface area contributed by atoms with E-state index in [0.717, 1.165) is 31.2 Å². The average Bonchev–Trinajstić information content (AvgIpc) is 2.97. The van der Waals surface area contributed by atoms with Crippen LogP contribution in [0.25, 0.3) is 0 Å². The van der Waals surface area contributed by atoms with Crippen molar-refractivity contribution in [3.63, 3.8) is 0 Å². The monoisotopic (exact) mass is 364 g/mol. The number of hydrogen-bond acceptors (Lipinski definition) is 3. The quantitative estimate of drug-likeness (QED) is 0.830. The van der Waals surface area contributed by atoms with Crippen molar-refractivity contribution in [2.75, 3.05) is 0 Å². The molecule has 1 aromatic carbocycles. The summed E-state index contributed by atoms with van der Waals surface area (Å²) in [5, 5.41) is 10.1. The zero-order chi connectivity index (χ0) is 18.8. The van der Waals surface area contributed by atoms with Gasteiger partial charge in [0.05, 0.1) is 6.04 Å². The van der Waals surface area contributed by atoms with Gasteiger partial charge in [-0.1, -0.05) is 49.9 Å². The molecular formula is C22H24N2O3. The number of nitrogens with zero attached hydrogens (tertiary/aromatic N) is 2. The number of carboxylic acid groups (broad SMARTS) is 1. The number of aliphatic carboxylic acids is 1. The fraction of sp³-hybridized carbons (Fsp3) is 0.409. The summed E-state index contributed by atoms with van der Waals surface area (Å²) in [4.78, 5) is 31.9. The minimum atomic E-state index is -0.901. The molecule has 1 N–H and O–H groups in total. The highest BCUT2D eigenvalue weighted by Crippen LogP contribution is 2.45. The number of carbonyl (C=O) groups is 2. The van der Waals surface area contributed by atoms with Crippen LogP contribution in [0, 0.1) is 0 Å². The summed E-state index contributed by atoms with van der Waals surface area (Å²) in [5.41, 5.74) is 1.92. The molecule has 5 nitrogen and oxygen atoms in total. The molecular weight excluding hydrogens is 340 g/mol. The van der Waals surface area contributed by atoms with E-state index in [9.17, 15) is 14.7 Å². The van der Waals surface area contributed by atoms with E-state index in [1.165, 1.54) is 12.8 Å². The Morgan fingerprint density at radius 1 is 1.04 bits per heavy atom. The lowest BCUT2D eigenvalue weighted by Crippen LogP contribution is -2.49. The first-order chi connectivity index (χ1) is 13.2. The molecule has 4 rings (SSSR count). The number of carboxylic acids is 1. The number of amides is 1. The van der Waals surface area contributed by atoms with Crippen molar-refractivity contribution in [1.29, 1.82) is 0 Å². The van der Waals surface area contributed by atoms with Crippen molar-refractivity contribution in [1.82, 2.24) is 9.88 Å². The van der Waals surface area contributed by atoms with Gasteiger partial charge in [-0.25, -0.2) is 0 Å². The average molecular weight is 364 g/mol. The summed E-state index contributed by atoms with van der Waals surface area (Å²) in [6.07, 6.45) is 9.73. The summed E-state index contributed by atoms with van der Waals surface area (Å²) < 4.78 is 0. The first kappa shape index (κ1) is 17.7. The topological polar surface area (TPSA) is 70.5 Å². The maximum Gasteiger partial charge on any atom is 0.313 e. The van der Waals surface area contributed by atoms with Gasteiger partial charge in [0.2, 0.25) is 0 Å². The molecule has 0 bridgehead atoms. The van der Waals surface area contributed by atoms with Crippen LogP contribution in [0.5, 0.6) is 0 Å². The second kappa shape index (κ2) is 7.51. The van der Waals surface area contributed by atoms with E-state index in [4.69, 9.17) is 0 Å². The van der Waals surface area contributed by atoms with Gasteiger partial charge in [0.15, 0.2) is 0 Å². The molecule has 140 valence electrons. The third-order valence-electron chi connectivity index (χ3n) is 5.89. The molecule has 2 atom stereocenters. The fourth-order valence-corrected chi connectivity index (χ4v) is 4.66. The van der Waals surface area contributed by atoms with Gasteiger partial charge < -0.3 is 10.0 Å². The lowest BCUT2D eigenvalue weighted by atomic mass is 9.79. The molecule has 2 aromatic rings. The van der Waals surface area contributed by atoms with Crippen LogP contribution in [0.1, 0.15) is 72.0 Å². The number of carbonyl (C=O) groups excluding carboxylic acids is 1. The summed E-state index contributed by atoms with van der Waals surface area (Å²) in [7, 11) is 0. The summed E-state index contributed by atoms with van der Waals surface area (Å²) >= 11 is 0. The Balaban J connectivity index is 1.88. The van der Waals surface area contributed by atoms with Crippen molar-refractivity contribution in [3.05, 3.63) is 65.5 Å². The standard InChI is InChI=1S/C22H24N2O3/c25-21-18-12-6-5-11-17(18)19(22(26)27)20(15-8-7-13-23-14-15)24(21)16-9-3-1-2-4-10-16/h5-8,11-14,16,19-20H,1-4,9-10H2,(H,26,27). The highest BCUT2D eigenvalue weighted by atomic mass is 16.4. The highest BCUT2D eigenvalue weighted by Gasteiger charge is 2.46. The lowest BCUT2D eigenvalue weighted by molar-refractivity contribution is -0.141. The molecule has 5 heteroatoms. The summed E-state index contributed by atoms with van der Waals surface area (Å²) in [6.45, 7) is 0. The number of pyridine rings is 1. The summed E-state index contributed by atoms with van der Waals surface area (Å²) in [6, 6.07) is 10.4. The van der Waals surface area contributed by atoms with E-state index >= 15 is 0 Å². The molecule has 2 unspecified atom stereocenters. The Kier molecular flexibility index (Phi) is 4.92. The van der Waals surface area contributed by atoms with Gasteiger partial charge in [-0.15, -0.1) is 0 Å². The van der Waals surface area contributed by atoms with E-state index in [1.807, 2.05) is 29.2 Å². The summed E-state index contributed by atoms with van der Waals surface area (Å²) in [5.74, 6) is -1.74. The van der Waals surface area contributed by atoms with Gasteiger partial charge in [-0.2, -0.15) is 0 Å². The van der Waals surface area contributed by atoms with Crippen LogP contribution in [0.2, 0.25) is 0 Å². The first-order valence-electron chi connectivity index (χ1n) is 9.73. The van der Waals surface area contributed by atoms with Crippen molar-refractivity contribution < 1.29 is 14.7 Å². The van der Waals surface area contributed by atoms with E-state index in [2.05, 4.69) is 4.98 Å². The zero-order valence-corrected chi connectivity index (χ0v) is 15.3. The highest BCUT2D eigenvalue weighted by molar-refractivity contribution is 6.00. The van der Waals surface area contributed by atoms with Crippen LogP contribution < -0.4 is 0 Å². The van der Waals surface area contributed by atoms with Crippen LogP contribution in [0.3, 0.4) is 0 Å². The molecule has 1 aliphatic heterocycles. The van der Waals surface area contributed by atoms with E-state index in [-0.39, 0.29) is 11.9 Å². The van der Waals surface area contributed by atoms with Gasteiger partial charge in [-0.3, -0.25) is 14.6 Å². The van der Waals surface area contributed by atoms with Gasteiger partial charge in [0, 0.05) is 24.0 Å². The fourth-order valence-electron chi connectivity index (χ4n) is 4.66. The molecule has 1 saturated carbocycles.